The zero-order chi connectivity index (χ0) is 16.9. The van der Waals surface area contributed by atoms with Crippen LogP contribution in [0.1, 0.15) is 12.0 Å². The molecule has 1 aromatic heterocycles. The van der Waals surface area contributed by atoms with E-state index in [0.717, 1.165) is 42.5 Å². The maximum Gasteiger partial charge on any atom is 0.130 e. The van der Waals surface area contributed by atoms with Crippen molar-refractivity contribution >= 4 is 21.8 Å². The fraction of sp³-hybridized carbons (Fsp3) is 0.235. The van der Waals surface area contributed by atoms with Gasteiger partial charge in [-0.25, -0.2) is 4.68 Å². The van der Waals surface area contributed by atoms with E-state index in [4.69, 9.17) is 15.6 Å². The van der Waals surface area contributed by atoms with Crippen molar-refractivity contribution in [2.45, 2.75) is 6.42 Å². The first-order valence-electron chi connectivity index (χ1n) is 7.62. The van der Waals surface area contributed by atoms with Crippen molar-refractivity contribution in [1.82, 2.24) is 15.1 Å². The molecule has 0 saturated heterocycles. The molecule has 0 amide bonds. The van der Waals surface area contributed by atoms with Gasteiger partial charge >= 0.3 is 0 Å². The molecular weight excluding hydrogens is 322 g/mol. The lowest BCUT2D eigenvalue weighted by Gasteiger charge is -2.16. The van der Waals surface area contributed by atoms with Crippen molar-refractivity contribution in [3.63, 3.8) is 0 Å². The predicted molar refractivity (Wildman–Crippen MR) is 97.8 cm³/mol. The van der Waals surface area contributed by atoms with Gasteiger partial charge in [-0.15, -0.1) is 0 Å². The third-order valence-corrected chi connectivity index (χ3v) is 4.65. The number of hydrogen-bond acceptors (Lipinski definition) is 6. The molecule has 1 aliphatic rings. The van der Waals surface area contributed by atoms with Crippen molar-refractivity contribution in [2.24, 2.45) is 0 Å². The minimum Gasteiger partial charge on any atom is -0.496 e. The summed E-state index contributed by atoms with van der Waals surface area (Å²) < 4.78 is 7.18. The number of benzene rings is 1. The van der Waals surface area contributed by atoms with Crippen LogP contribution in [0.5, 0.6) is 5.75 Å². The van der Waals surface area contributed by atoms with Crippen LogP contribution in [0.3, 0.4) is 0 Å². The Kier molecular flexibility index (Phi) is 5.12. The van der Waals surface area contributed by atoms with Crippen molar-refractivity contribution in [3.8, 4) is 11.4 Å². The Hall–Kier alpha value is -2.38. The molecule has 1 aliphatic heterocycles. The molecule has 0 atom stereocenters. The Labute approximate surface area is 144 Å². The van der Waals surface area contributed by atoms with Crippen LogP contribution >= 0.6 is 11.8 Å². The second-order valence-electron chi connectivity index (χ2n) is 5.28. The molecule has 0 spiro atoms. The fourth-order valence-electron chi connectivity index (χ4n) is 2.48. The van der Waals surface area contributed by atoms with E-state index < -0.39 is 0 Å². The zero-order valence-electron chi connectivity index (χ0n) is 13.4. The van der Waals surface area contributed by atoms with E-state index >= 15 is 0 Å². The van der Waals surface area contributed by atoms with Gasteiger partial charge in [-0.2, -0.15) is 5.10 Å². The minimum absolute atomic E-state index is 0.309. The molecule has 2 heterocycles. The van der Waals surface area contributed by atoms with Gasteiger partial charge in [0, 0.05) is 30.6 Å². The molecule has 6 nitrogen and oxygen atoms in total. The topological polar surface area (TPSA) is 86.8 Å². The second kappa shape index (κ2) is 7.46. The van der Waals surface area contributed by atoms with Crippen LogP contribution in [0.15, 0.2) is 48.3 Å². The van der Waals surface area contributed by atoms with Gasteiger partial charge in [-0.3, -0.25) is 10.8 Å². The average Bonchev–Trinajstić information content (AvgIpc) is 3.16. The summed E-state index contributed by atoms with van der Waals surface area (Å²) in [5.74, 6) is 0.604. The molecule has 7 heteroatoms. The van der Waals surface area contributed by atoms with Gasteiger partial charge in [0.25, 0.3) is 0 Å². The van der Waals surface area contributed by atoms with Gasteiger partial charge in [0.1, 0.15) is 10.8 Å². The Morgan fingerprint density at radius 3 is 2.88 bits per heavy atom. The van der Waals surface area contributed by atoms with E-state index in [1.165, 1.54) is 0 Å². The van der Waals surface area contributed by atoms with Crippen molar-refractivity contribution < 1.29 is 4.74 Å². The molecule has 124 valence electrons. The van der Waals surface area contributed by atoms with Crippen LogP contribution in [0.4, 0.5) is 0 Å². The third kappa shape index (κ3) is 3.58. The SMILES string of the molecule is COc1cc(-n2cccn2)ccc1C(=N)SC(=N)C1=CCNCC1. The lowest BCUT2D eigenvalue weighted by molar-refractivity contribution is 0.414. The highest BCUT2D eigenvalue weighted by atomic mass is 32.2. The highest BCUT2D eigenvalue weighted by molar-refractivity contribution is 8.27. The summed E-state index contributed by atoms with van der Waals surface area (Å²) in [5.41, 5.74) is 2.54. The first-order valence-corrected chi connectivity index (χ1v) is 8.44. The number of ether oxygens (including phenoxy) is 1. The third-order valence-electron chi connectivity index (χ3n) is 3.76. The van der Waals surface area contributed by atoms with Gasteiger partial charge in [0.05, 0.1) is 17.8 Å². The van der Waals surface area contributed by atoms with E-state index in [1.807, 2.05) is 36.5 Å². The Bertz CT molecular complexity index is 782. The highest BCUT2D eigenvalue weighted by Gasteiger charge is 2.16. The summed E-state index contributed by atoms with van der Waals surface area (Å²) in [6.07, 6.45) is 6.42. The van der Waals surface area contributed by atoms with E-state index in [-0.39, 0.29) is 0 Å². The standard InChI is InChI=1S/C17H19N5OS/c1-23-15-11-13(22-10-2-7-21-22)3-4-14(15)17(19)24-16(18)12-5-8-20-9-6-12/h2-5,7,10-11,18-20H,6,8-9H2,1H3. The molecule has 1 aromatic carbocycles. The van der Waals surface area contributed by atoms with Gasteiger partial charge in [-0.1, -0.05) is 17.8 Å². The van der Waals surface area contributed by atoms with E-state index in [1.54, 1.807) is 18.0 Å². The Morgan fingerprint density at radius 2 is 2.21 bits per heavy atom. The van der Waals surface area contributed by atoms with Gasteiger partial charge in [-0.05, 0) is 36.7 Å². The molecule has 0 aliphatic carbocycles. The smallest absolute Gasteiger partial charge is 0.130 e. The summed E-state index contributed by atoms with van der Waals surface area (Å²) in [4.78, 5) is 0. The molecule has 0 bridgehead atoms. The zero-order valence-corrected chi connectivity index (χ0v) is 14.2. The normalized spacial score (nSPS) is 14.1. The molecule has 2 aromatic rings. The number of rotatable bonds is 4. The largest absolute Gasteiger partial charge is 0.496 e. The van der Waals surface area contributed by atoms with Crippen molar-refractivity contribution in [2.75, 3.05) is 20.2 Å². The number of aromatic nitrogens is 2. The molecule has 24 heavy (non-hydrogen) atoms. The summed E-state index contributed by atoms with van der Waals surface area (Å²) >= 11 is 1.16. The average molecular weight is 341 g/mol. The molecule has 0 saturated carbocycles. The first-order chi connectivity index (χ1) is 11.7. The number of nitrogens with zero attached hydrogens (tertiary/aromatic N) is 2. The number of hydrogen-bond donors (Lipinski definition) is 3. The fourth-order valence-corrected chi connectivity index (χ4v) is 3.28. The minimum atomic E-state index is 0.309. The van der Waals surface area contributed by atoms with E-state index in [9.17, 15) is 0 Å². The second-order valence-corrected chi connectivity index (χ2v) is 6.30. The van der Waals surface area contributed by atoms with Crippen molar-refractivity contribution in [3.05, 3.63) is 53.9 Å². The van der Waals surface area contributed by atoms with Crippen LogP contribution in [0, 0.1) is 10.8 Å². The maximum absolute atomic E-state index is 8.34. The molecular formula is C17H19N5OS. The highest BCUT2D eigenvalue weighted by Crippen LogP contribution is 2.28. The van der Waals surface area contributed by atoms with Crippen LogP contribution in [0.25, 0.3) is 5.69 Å². The quantitative estimate of drug-likeness (QED) is 0.589. The number of methoxy groups -OCH3 is 1. The Balaban J connectivity index is 1.79. The van der Waals surface area contributed by atoms with Gasteiger partial charge in [0.2, 0.25) is 0 Å². The summed E-state index contributed by atoms with van der Waals surface area (Å²) in [5, 5.41) is 24.7. The van der Waals surface area contributed by atoms with Crippen LogP contribution in [-0.4, -0.2) is 40.1 Å². The van der Waals surface area contributed by atoms with E-state index in [0.29, 0.717) is 21.4 Å². The van der Waals surface area contributed by atoms with Crippen LogP contribution < -0.4 is 10.1 Å². The summed E-state index contributed by atoms with van der Waals surface area (Å²) in [6, 6.07) is 7.44. The Morgan fingerprint density at radius 1 is 1.33 bits per heavy atom. The van der Waals surface area contributed by atoms with Crippen molar-refractivity contribution in [1.29, 1.82) is 10.8 Å². The lowest BCUT2D eigenvalue weighted by Crippen LogP contribution is -2.22. The number of nitrogens with one attached hydrogen (secondary N) is 3. The first kappa shape index (κ1) is 16.5. The summed E-state index contributed by atoms with van der Waals surface area (Å²) in [6.45, 7) is 1.66. The lowest BCUT2D eigenvalue weighted by atomic mass is 10.1. The predicted octanol–water partition coefficient (Wildman–Crippen LogP) is 2.84. The molecule has 0 fully saturated rings. The molecule has 3 rings (SSSR count). The molecule has 0 unspecified atom stereocenters. The van der Waals surface area contributed by atoms with E-state index in [2.05, 4.69) is 10.4 Å². The summed E-state index contributed by atoms with van der Waals surface area (Å²) in [7, 11) is 1.59. The van der Waals surface area contributed by atoms with Crippen LogP contribution in [0.2, 0.25) is 0 Å². The number of thioether (sulfide) groups is 1. The van der Waals surface area contributed by atoms with Gasteiger partial charge in [0.15, 0.2) is 0 Å². The maximum atomic E-state index is 8.34. The van der Waals surface area contributed by atoms with Gasteiger partial charge < -0.3 is 10.1 Å². The molecule has 3 N–H and O–H groups in total. The molecule has 0 radical (unpaired) electrons. The van der Waals surface area contributed by atoms with Crippen LogP contribution in [-0.2, 0) is 0 Å². The monoisotopic (exact) mass is 341 g/mol.